The molecule has 0 aromatic rings. The zero-order valence-electron chi connectivity index (χ0n) is 12.8. The molecule has 108 valence electrons. The summed E-state index contributed by atoms with van der Waals surface area (Å²) in [7, 11) is 1.80. The van der Waals surface area contributed by atoms with Crippen LogP contribution in [-0.2, 0) is 4.74 Å². The number of rotatable bonds is 8. The first-order valence-corrected chi connectivity index (χ1v) is 7.02. The van der Waals surface area contributed by atoms with E-state index in [0.29, 0.717) is 5.41 Å². The fourth-order valence-electron chi connectivity index (χ4n) is 1.59. The monoisotopic (exact) mass is 257 g/mol. The first-order valence-electron chi connectivity index (χ1n) is 7.02. The molecule has 0 aromatic carbocycles. The van der Waals surface area contributed by atoms with Gasteiger partial charge in [0.25, 0.3) is 0 Å². The molecule has 0 unspecified atom stereocenters. The van der Waals surface area contributed by atoms with Crippen molar-refractivity contribution in [3.05, 3.63) is 0 Å². The van der Waals surface area contributed by atoms with Crippen LogP contribution in [0.4, 0.5) is 0 Å². The molecule has 0 aliphatic carbocycles. The summed E-state index contributed by atoms with van der Waals surface area (Å²) in [6.45, 7) is 12.1. The van der Waals surface area contributed by atoms with Gasteiger partial charge in [0.2, 0.25) is 0 Å². The Morgan fingerprint density at radius 1 is 1.11 bits per heavy atom. The molecule has 0 atom stereocenters. The summed E-state index contributed by atoms with van der Waals surface area (Å²) in [5.41, 5.74) is 0.442. The minimum atomic E-state index is 0.442. The minimum Gasteiger partial charge on any atom is -0.380 e. The van der Waals surface area contributed by atoms with Crippen molar-refractivity contribution in [1.29, 1.82) is 0 Å². The van der Waals surface area contributed by atoms with Gasteiger partial charge in [-0.05, 0) is 25.2 Å². The van der Waals surface area contributed by atoms with E-state index in [4.69, 9.17) is 4.74 Å². The molecule has 0 heterocycles. The molecule has 0 spiro atoms. The van der Waals surface area contributed by atoms with Crippen molar-refractivity contribution >= 4 is 5.96 Å². The van der Waals surface area contributed by atoms with Gasteiger partial charge < -0.3 is 15.4 Å². The Bertz CT molecular complexity index is 222. The van der Waals surface area contributed by atoms with Gasteiger partial charge >= 0.3 is 0 Å². The van der Waals surface area contributed by atoms with Crippen LogP contribution in [0.3, 0.4) is 0 Å². The zero-order valence-corrected chi connectivity index (χ0v) is 12.8. The average Bonchev–Trinajstić information content (AvgIpc) is 2.30. The maximum atomic E-state index is 5.26. The fraction of sp³-hybridized carbons (Fsp3) is 0.929. The van der Waals surface area contributed by atoms with Crippen LogP contribution in [0.25, 0.3) is 0 Å². The van der Waals surface area contributed by atoms with Crippen molar-refractivity contribution in [3.8, 4) is 0 Å². The lowest BCUT2D eigenvalue weighted by molar-refractivity contribution is 0.152. The Morgan fingerprint density at radius 2 is 1.78 bits per heavy atom. The van der Waals surface area contributed by atoms with Crippen LogP contribution in [0.15, 0.2) is 4.99 Å². The van der Waals surface area contributed by atoms with Gasteiger partial charge in [0, 0.05) is 26.7 Å². The third-order valence-electron chi connectivity index (χ3n) is 2.61. The summed E-state index contributed by atoms with van der Waals surface area (Å²) in [5, 5.41) is 6.54. The molecule has 4 nitrogen and oxygen atoms in total. The van der Waals surface area contributed by atoms with Gasteiger partial charge in [0.1, 0.15) is 0 Å². The van der Waals surface area contributed by atoms with Crippen molar-refractivity contribution in [2.24, 2.45) is 10.4 Å². The molecule has 0 aliphatic heterocycles. The van der Waals surface area contributed by atoms with E-state index >= 15 is 0 Å². The van der Waals surface area contributed by atoms with Crippen molar-refractivity contribution in [3.63, 3.8) is 0 Å². The van der Waals surface area contributed by atoms with E-state index in [9.17, 15) is 0 Å². The lowest BCUT2D eigenvalue weighted by Crippen LogP contribution is -2.39. The van der Waals surface area contributed by atoms with Gasteiger partial charge in [-0.15, -0.1) is 0 Å². The van der Waals surface area contributed by atoms with Gasteiger partial charge in [-0.1, -0.05) is 27.2 Å². The molecule has 0 saturated carbocycles. The Morgan fingerprint density at radius 3 is 2.33 bits per heavy atom. The second-order valence-corrected chi connectivity index (χ2v) is 5.64. The van der Waals surface area contributed by atoms with Crippen molar-refractivity contribution in [2.75, 3.05) is 33.4 Å². The van der Waals surface area contributed by atoms with Crippen LogP contribution in [0.5, 0.6) is 0 Å². The largest absolute Gasteiger partial charge is 0.380 e. The molecular formula is C14H31N3O. The van der Waals surface area contributed by atoms with Gasteiger partial charge in [-0.3, -0.25) is 4.99 Å². The highest BCUT2D eigenvalue weighted by atomic mass is 16.5. The quantitative estimate of drug-likeness (QED) is 0.399. The van der Waals surface area contributed by atoms with E-state index in [1.54, 1.807) is 7.05 Å². The predicted molar refractivity (Wildman–Crippen MR) is 79.2 cm³/mol. The molecule has 0 rings (SSSR count). The molecule has 0 amide bonds. The number of aliphatic imine (C=N–C) groups is 1. The van der Waals surface area contributed by atoms with Crippen molar-refractivity contribution in [2.45, 2.75) is 47.0 Å². The summed E-state index contributed by atoms with van der Waals surface area (Å²) < 4.78 is 5.26. The first-order chi connectivity index (χ1) is 8.49. The third-order valence-corrected chi connectivity index (χ3v) is 2.61. The van der Waals surface area contributed by atoms with Gasteiger partial charge in [-0.25, -0.2) is 0 Å². The standard InChI is InChI=1S/C14H31N3O/c1-6-18-12-11-17-13(15-5)16-10-8-7-9-14(2,3)4/h6-12H2,1-5H3,(H2,15,16,17). The van der Waals surface area contributed by atoms with E-state index < -0.39 is 0 Å². The lowest BCUT2D eigenvalue weighted by atomic mass is 9.90. The van der Waals surface area contributed by atoms with Crippen LogP contribution in [0.2, 0.25) is 0 Å². The Labute approximate surface area is 113 Å². The highest BCUT2D eigenvalue weighted by Crippen LogP contribution is 2.20. The number of ether oxygens (including phenoxy) is 1. The van der Waals surface area contributed by atoms with E-state index in [2.05, 4.69) is 36.4 Å². The summed E-state index contributed by atoms with van der Waals surface area (Å²) in [6, 6.07) is 0. The molecule has 0 aliphatic rings. The normalized spacial score (nSPS) is 12.6. The average molecular weight is 257 g/mol. The molecule has 0 saturated heterocycles. The van der Waals surface area contributed by atoms with E-state index in [1.807, 2.05) is 6.92 Å². The second kappa shape index (κ2) is 10.2. The maximum absolute atomic E-state index is 5.26. The van der Waals surface area contributed by atoms with Crippen LogP contribution >= 0.6 is 0 Å². The smallest absolute Gasteiger partial charge is 0.191 e. The topological polar surface area (TPSA) is 45.6 Å². The molecule has 4 heteroatoms. The SMILES string of the molecule is CCOCCNC(=NC)NCCCCC(C)(C)C. The van der Waals surface area contributed by atoms with Crippen LogP contribution in [-0.4, -0.2) is 39.3 Å². The number of nitrogens with zero attached hydrogens (tertiary/aromatic N) is 1. The van der Waals surface area contributed by atoms with Gasteiger partial charge in [0.05, 0.1) is 6.61 Å². The summed E-state index contributed by atoms with van der Waals surface area (Å²) >= 11 is 0. The van der Waals surface area contributed by atoms with Crippen LogP contribution in [0.1, 0.15) is 47.0 Å². The van der Waals surface area contributed by atoms with E-state index in [0.717, 1.165) is 32.3 Å². The second-order valence-electron chi connectivity index (χ2n) is 5.64. The Hall–Kier alpha value is -0.770. The predicted octanol–water partition coefficient (Wildman–Crippen LogP) is 2.40. The zero-order chi connectivity index (χ0) is 13.9. The Balaban J connectivity index is 3.51. The van der Waals surface area contributed by atoms with Gasteiger partial charge in [0.15, 0.2) is 5.96 Å². The minimum absolute atomic E-state index is 0.442. The molecule has 18 heavy (non-hydrogen) atoms. The maximum Gasteiger partial charge on any atom is 0.191 e. The highest BCUT2D eigenvalue weighted by Gasteiger charge is 2.08. The first kappa shape index (κ1) is 17.2. The van der Waals surface area contributed by atoms with Crippen LogP contribution < -0.4 is 10.6 Å². The lowest BCUT2D eigenvalue weighted by Gasteiger charge is -2.18. The van der Waals surface area contributed by atoms with Crippen molar-refractivity contribution in [1.82, 2.24) is 10.6 Å². The Kier molecular flexibility index (Phi) is 9.74. The van der Waals surface area contributed by atoms with Crippen LogP contribution in [0, 0.1) is 5.41 Å². The fourth-order valence-corrected chi connectivity index (χ4v) is 1.59. The number of nitrogens with one attached hydrogen (secondary N) is 2. The molecule has 0 bridgehead atoms. The van der Waals surface area contributed by atoms with Gasteiger partial charge in [-0.2, -0.15) is 0 Å². The van der Waals surface area contributed by atoms with Crippen molar-refractivity contribution < 1.29 is 4.74 Å². The third kappa shape index (κ3) is 11.7. The summed E-state index contributed by atoms with van der Waals surface area (Å²) in [4.78, 5) is 4.17. The number of hydrogen-bond donors (Lipinski definition) is 2. The van der Waals surface area contributed by atoms with E-state index in [1.165, 1.54) is 19.3 Å². The molecule has 0 fully saturated rings. The van der Waals surface area contributed by atoms with E-state index in [-0.39, 0.29) is 0 Å². The molecule has 0 radical (unpaired) electrons. The number of guanidine groups is 1. The number of hydrogen-bond acceptors (Lipinski definition) is 2. The summed E-state index contributed by atoms with van der Waals surface area (Å²) in [5.74, 6) is 0.866. The molecule has 2 N–H and O–H groups in total. The number of unbranched alkanes of at least 4 members (excludes halogenated alkanes) is 1. The highest BCUT2D eigenvalue weighted by molar-refractivity contribution is 5.79. The molecule has 0 aromatic heterocycles. The summed E-state index contributed by atoms with van der Waals surface area (Å²) in [6.07, 6.45) is 3.71. The molecular weight excluding hydrogens is 226 g/mol.